The molecule has 4 fully saturated rings. The molecule has 0 N–H and O–H groups in total. The van der Waals surface area contributed by atoms with Crippen molar-refractivity contribution in [2.24, 2.45) is 17.8 Å². The second kappa shape index (κ2) is 6.76. The van der Waals surface area contributed by atoms with Crippen LogP contribution in [-0.2, 0) is 33.3 Å². The molecule has 7 unspecified atom stereocenters. The van der Waals surface area contributed by atoms with Crippen LogP contribution in [0.25, 0.3) is 0 Å². The lowest BCUT2D eigenvalue weighted by molar-refractivity contribution is -0.174. The molecule has 7 heteroatoms. The molecule has 3 aliphatic heterocycles. The molecule has 0 amide bonds. The van der Waals surface area contributed by atoms with E-state index in [0.29, 0.717) is 6.42 Å². The Balaban J connectivity index is 1.53. The second-order valence-electron chi connectivity index (χ2n) is 8.39. The molecule has 27 heavy (non-hydrogen) atoms. The number of hydrogen-bond acceptors (Lipinski definition) is 7. The fourth-order valence-corrected chi connectivity index (χ4v) is 4.98. The monoisotopic (exact) mass is 380 g/mol. The highest BCUT2D eigenvalue weighted by Gasteiger charge is 2.72. The number of fused-ring (bicyclic) bond motifs is 1. The summed E-state index contributed by atoms with van der Waals surface area (Å²) in [6.07, 6.45) is 2.62. The van der Waals surface area contributed by atoms with Crippen LogP contribution >= 0.6 is 0 Å². The topological polar surface area (TPSA) is 88.1 Å². The van der Waals surface area contributed by atoms with E-state index in [0.717, 1.165) is 32.1 Å². The minimum atomic E-state index is -0.764. The zero-order valence-electron chi connectivity index (χ0n) is 16.1. The molecule has 4 aliphatic rings. The van der Waals surface area contributed by atoms with E-state index in [-0.39, 0.29) is 11.9 Å². The summed E-state index contributed by atoms with van der Waals surface area (Å²) >= 11 is 0. The fourth-order valence-electron chi connectivity index (χ4n) is 4.98. The third-order valence-corrected chi connectivity index (χ3v) is 6.92. The second-order valence-corrected chi connectivity index (χ2v) is 8.39. The molecule has 0 aromatic carbocycles. The van der Waals surface area contributed by atoms with E-state index < -0.39 is 53.8 Å². The molecule has 150 valence electrons. The number of carbonyl (C=O) groups is 3. The summed E-state index contributed by atoms with van der Waals surface area (Å²) in [5, 5.41) is 0. The zero-order valence-corrected chi connectivity index (χ0v) is 16.1. The minimum Gasteiger partial charge on any atom is -0.459 e. The molecule has 2 bridgehead atoms. The fraction of sp³-hybridized carbons (Fsp3) is 0.850. The average Bonchev–Trinajstić information content (AvgIpc) is 3.38. The van der Waals surface area contributed by atoms with Crippen molar-refractivity contribution in [2.45, 2.75) is 89.3 Å². The molecular weight excluding hydrogens is 352 g/mol. The van der Waals surface area contributed by atoms with Crippen molar-refractivity contribution in [2.75, 3.05) is 0 Å². The van der Waals surface area contributed by atoms with Crippen molar-refractivity contribution >= 4 is 17.9 Å². The highest BCUT2D eigenvalue weighted by molar-refractivity contribution is 5.87. The van der Waals surface area contributed by atoms with Crippen molar-refractivity contribution in [1.82, 2.24) is 0 Å². The van der Waals surface area contributed by atoms with Crippen LogP contribution < -0.4 is 0 Å². The van der Waals surface area contributed by atoms with Gasteiger partial charge in [-0.25, -0.2) is 0 Å². The number of esters is 3. The van der Waals surface area contributed by atoms with Gasteiger partial charge < -0.3 is 18.9 Å². The summed E-state index contributed by atoms with van der Waals surface area (Å²) in [6.45, 7) is 5.71. The Morgan fingerprint density at radius 1 is 1.19 bits per heavy atom. The van der Waals surface area contributed by atoms with E-state index in [2.05, 4.69) is 0 Å². The largest absolute Gasteiger partial charge is 0.459 e. The Morgan fingerprint density at radius 2 is 1.89 bits per heavy atom. The molecule has 3 heterocycles. The Morgan fingerprint density at radius 3 is 2.52 bits per heavy atom. The van der Waals surface area contributed by atoms with Gasteiger partial charge in [0.05, 0.1) is 5.92 Å². The lowest BCUT2D eigenvalue weighted by atomic mass is 9.78. The van der Waals surface area contributed by atoms with Crippen LogP contribution in [0, 0.1) is 17.8 Å². The Bertz CT molecular complexity index is 638. The van der Waals surface area contributed by atoms with Crippen molar-refractivity contribution in [1.29, 1.82) is 0 Å². The number of ether oxygens (including phenoxy) is 4. The van der Waals surface area contributed by atoms with Crippen LogP contribution in [-0.4, -0.2) is 47.9 Å². The molecule has 7 atom stereocenters. The first-order valence-electron chi connectivity index (χ1n) is 10.2. The molecule has 0 radical (unpaired) electrons. The standard InChI is InChI=1S/C20H28O7/c1-4-10(3)17(21)25-15-14-12(11-13(24-14)16(15)26-18(11)22)19(23)27-20(5-2)8-6-7-9-20/h10-16H,4-9H2,1-3H3. The summed E-state index contributed by atoms with van der Waals surface area (Å²) in [4.78, 5) is 37.7. The van der Waals surface area contributed by atoms with E-state index in [9.17, 15) is 14.4 Å². The molecule has 0 aromatic heterocycles. The van der Waals surface area contributed by atoms with Crippen LogP contribution in [0.1, 0.15) is 59.3 Å². The first kappa shape index (κ1) is 18.7. The van der Waals surface area contributed by atoms with Gasteiger partial charge in [-0.05, 0) is 38.5 Å². The minimum absolute atomic E-state index is 0.260. The lowest BCUT2D eigenvalue weighted by Gasteiger charge is -2.32. The third-order valence-electron chi connectivity index (χ3n) is 6.92. The van der Waals surface area contributed by atoms with E-state index in [1.165, 1.54) is 0 Å². The van der Waals surface area contributed by atoms with Crippen LogP contribution in [0.3, 0.4) is 0 Å². The van der Waals surface area contributed by atoms with Crippen LogP contribution in [0.15, 0.2) is 0 Å². The highest BCUT2D eigenvalue weighted by atomic mass is 16.7. The van der Waals surface area contributed by atoms with Gasteiger partial charge in [-0.15, -0.1) is 0 Å². The maximum Gasteiger partial charge on any atom is 0.313 e. The van der Waals surface area contributed by atoms with Crippen LogP contribution in [0.2, 0.25) is 0 Å². The summed E-state index contributed by atoms with van der Waals surface area (Å²) in [7, 11) is 0. The van der Waals surface area contributed by atoms with E-state index in [1.807, 2.05) is 13.8 Å². The first-order chi connectivity index (χ1) is 12.9. The Kier molecular flexibility index (Phi) is 4.69. The zero-order chi connectivity index (χ0) is 19.3. The normalized spacial score (nSPS) is 39.3. The number of hydrogen-bond donors (Lipinski definition) is 0. The number of carbonyl (C=O) groups excluding carboxylic acids is 3. The molecule has 4 rings (SSSR count). The maximum atomic E-state index is 13.1. The molecule has 7 nitrogen and oxygen atoms in total. The van der Waals surface area contributed by atoms with Gasteiger partial charge in [0, 0.05) is 0 Å². The summed E-state index contributed by atoms with van der Waals surface area (Å²) in [5.74, 6) is -2.90. The van der Waals surface area contributed by atoms with Gasteiger partial charge in [0.2, 0.25) is 0 Å². The van der Waals surface area contributed by atoms with E-state index >= 15 is 0 Å². The summed E-state index contributed by atoms with van der Waals surface area (Å²) < 4.78 is 22.9. The van der Waals surface area contributed by atoms with Crippen LogP contribution in [0.4, 0.5) is 0 Å². The van der Waals surface area contributed by atoms with Gasteiger partial charge in [-0.2, -0.15) is 0 Å². The molecule has 0 aromatic rings. The van der Waals surface area contributed by atoms with Crippen molar-refractivity contribution < 1.29 is 33.3 Å². The molecule has 1 saturated carbocycles. The molecular formula is C20H28O7. The van der Waals surface area contributed by atoms with Gasteiger partial charge in [0.1, 0.15) is 29.6 Å². The smallest absolute Gasteiger partial charge is 0.313 e. The molecule has 0 spiro atoms. The van der Waals surface area contributed by atoms with Crippen molar-refractivity contribution in [3.05, 3.63) is 0 Å². The first-order valence-corrected chi connectivity index (χ1v) is 10.2. The molecule has 1 aliphatic carbocycles. The summed E-state index contributed by atoms with van der Waals surface area (Å²) in [6, 6.07) is 0. The Hall–Kier alpha value is -1.63. The predicted octanol–water partition coefficient (Wildman–Crippen LogP) is 2.15. The summed E-state index contributed by atoms with van der Waals surface area (Å²) in [5.41, 5.74) is -0.441. The quantitative estimate of drug-likeness (QED) is 0.515. The lowest BCUT2D eigenvalue weighted by Crippen LogP contribution is -2.49. The van der Waals surface area contributed by atoms with Crippen molar-refractivity contribution in [3.63, 3.8) is 0 Å². The van der Waals surface area contributed by atoms with E-state index in [4.69, 9.17) is 18.9 Å². The van der Waals surface area contributed by atoms with Gasteiger partial charge in [-0.3, -0.25) is 14.4 Å². The number of rotatable bonds is 6. The Labute approximate surface area is 159 Å². The van der Waals surface area contributed by atoms with Gasteiger partial charge in [0.25, 0.3) is 0 Å². The van der Waals surface area contributed by atoms with Crippen molar-refractivity contribution in [3.8, 4) is 0 Å². The van der Waals surface area contributed by atoms with Gasteiger partial charge >= 0.3 is 17.9 Å². The van der Waals surface area contributed by atoms with E-state index in [1.54, 1.807) is 6.92 Å². The SMILES string of the molecule is CCC(C)C(=O)OC1C2OC(=O)C3C2OC1C3C(=O)OC1(CC)CCCC1. The maximum absolute atomic E-state index is 13.1. The molecule has 3 saturated heterocycles. The van der Waals surface area contributed by atoms with Crippen LogP contribution in [0.5, 0.6) is 0 Å². The van der Waals surface area contributed by atoms with Gasteiger partial charge in [0.15, 0.2) is 12.2 Å². The average molecular weight is 380 g/mol. The predicted molar refractivity (Wildman–Crippen MR) is 92.4 cm³/mol. The highest BCUT2D eigenvalue weighted by Crippen LogP contribution is 2.52. The van der Waals surface area contributed by atoms with Gasteiger partial charge in [-0.1, -0.05) is 20.8 Å². The third kappa shape index (κ3) is 2.85.